The molecule has 1 amide bonds. The Labute approximate surface area is 139 Å². The van der Waals surface area contributed by atoms with Crippen molar-refractivity contribution in [1.82, 2.24) is 15.8 Å². The Bertz CT molecular complexity index is 501. The van der Waals surface area contributed by atoms with Crippen molar-refractivity contribution in [3.05, 3.63) is 17.0 Å². The number of rotatable bonds is 10. The summed E-state index contributed by atoms with van der Waals surface area (Å²) in [7, 11) is 0. The molecule has 1 heterocycles. The summed E-state index contributed by atoms with van der Waals surface area (Å²) in [5.41, 5.74) is 0.803. The molecule has 0 aliphatic carbocycles. The number of aliphatic hydroxyl groups excluding tert-OH is 1. The molecule has 0 aliphatic heterocycles. The molecule has 0 saturated carbocycles. The van der Waals surface area contributed by atoms with E-state index in [4.69, 9.17) is 9.63 Å². The quantitative estimate of drug-likeness (QED) is 0.575. The van der Waals surface area contributed by atoms with E-state index < -0.39 is 0 Å². The predicted octanol–water partition coefficient (Wildman–Crippen LogP) is 2.40. The van der Waals surface area contributed by atoms with Gasteiger partial charge in [-0.3, -0.25) is 4.79 Å². The second-order valence-corrected chi connectivity index (χ2v) is 6.46. The number of aliphatic hydroxyl groups is 1. The second kappa shape index (κ2) is 9.03. The van der Waals surface area contributed by atoms with Gasteiger partial charge in [0.15, 0.2) is 11.5 Å². The van der Waals surface area contributed by atoms with Crippen molar-refractivity contribution in [2.75, 3.05) is 13.1 Å². The molecule has 23 heavy (non-hydrogen) atoms. The molecule has 0 aliphatic rings. The zero-order chi connectivity index (χ0) is 17.5. The molecule has 0 spiro atoms. The minimum Gasteiger partial charge on any atom is -0.388 e. The zero-order valence-corrected chi connectivity index (χ0v) is 15.0. The predicted molar refractivity (Wildman–Crippen MR) is 90.3 cm³/mol. The molecule has 0 fully saturated rings. The molecule has 2 atom stereocenters. The zero-order valence-electron chi connectivity index (χ0n) is 15.0. The minimum absolute atomic E-state index is 0.0408. The van der Waals surface area contributed by atoms with Crippen LogP contribution in [0.5, 0.6) is 0 Å². The topological polar surface area (TPSA) is 87.4 Å². The van der Waals surface area contributed by atoms with Crippen molar-refractivity contribution in [1.29, 1.82) is 0 Å². The highest BCUT2D eigenvalue weighted by Gasteiger charge is 2.30. The fourth-order valence-corrected chi connectivity index (χ4v) is 2.42. The van der Waals surface area contributed by atoms with E-state index in [1.807, 2.05) is 0 Å². The summed E-state index contributed by atoms with van der Waals surface area (Å²) in [5.74, 6) is 0.0781. The maximum Gasteiger partial charge on any atom is 0.273 e. The Kier molecular flexibility index (Phi) is 7.72. The third kappa shape index (κ3) is 5.04. The monoisotopic (exact) mass is 325 g/mol. The van der Waals surface area contributed by atoms with Crippen LogP contribution in [0.3, 0.4) is 0 Å². The molecule has 1 aromatic rings. The Balaban J connectivity index is 2.64. The van der Waals surface area contributed by atoms with Crippen molar-refractivity contribution in [3.63, 3.8) is 0 Å². The van der Waals surface area contributed by atoms with Crippen LogP contribution < -0.4 is 10.6 Å². The lowest BCUT2D eigenvalue weighted by atomic mass is 9.80. The number of nitrogens with zero attached hydrogens (tertiary/aromatic N) is 1. The highest BCUT2D eigenvalue weighted by Crippen LogP contribution is 2.25. The van der Waals surface area contributed by atoms with Gasteiger partial charge in [0.2, 0.25) is 0 Å². The Morgan fingerprint density at radius 3 is 2.65 bits per heavy atom. The first-order chi connectivity index (χ1) is 10.9. The number of carbonyl (C=O) groups is 1. The third-order valence-electron chi connectivity index (χ3n) is 4.87. The standard InChI is InChI=1S/C17H31N3O3/c1-6-8-9-18-13(4)17(5,7-2)11-19-16(22)15-12(3)14(10-21)23-20-15/h13,18,21H,6-11H2,1-5H3,(H,19,22). The van der Waals surface area contributed by atoms with E-state index in [0.717, 1.165) is 25.8 Å². The Hall–Kier alpha value is -1.40. The first-order valence-corrected chi connectivity index (χ1v) is 8.47. The first kappa shape index (κ1) is 19.6. The number of hydrogen-bond acceptors (Lipinski definition) is 5. The van der Waals surface area contributed by atoms with Gasteiger partial charge in [0.1, 0.15) is 6.61 Å². The maximum atomic E-state index is 12.3. The molecule has 0 bridgehead atoms. The number of unbranched alkanes of at least 4 members (excludes halogenated alkanes) is 1. The van der Waals surface area contributed by atoms with Gasteiger partial charge in [-0.1, -0.05) is 32.3 Å². The third-order valence-corrected chi connectivity index (χ3v) is 4.87. The van der Waals surface area contributed by atoms with E-state index in [0.29, 0.717) is 23.9 Å². The van der Waals surface area contributed by atoms with Crippen molar-refractivity contribution >= 4 is 5.91 Å². The van der Waals surface area contributed by atoms with Gasteiger partial charge < -0.3 is 20.3 Å². The summed E-state index contributed by atoms with van der Waals surface area (Å²) in [5, 5.41) is 19.4. The van der Waals surface area contributed by atoms with Gasteiger partial charge in [-0.25, -0.2) is 0 Å². The van der Waals surface area contributed by atoms with Gasteiger partial charge in [-0.15, -0.1) is 0 Å². The van der Waals surface area contributed by atoms with Crippen LogP contribution >= 0.6 is 0 Å². The lowest BCUT2D eigenvalue weighted by Gasteiger charge is -2.35. The molecule has 0 radical (unpaired) electrons. The fourth-order valence-electron chi connectivity index (χ4n) is 2.42. The van der Waals surface area contributed by atoms with E-state index in [1.54, 1.807) is 6.92 Å². The van der Waals surface area contributed by atoms with Crippen molar-refractivity contribution < 1.29 is 14.4 Å². The van der Waals surface area contributed by atoms with Crippen molar-refractivity contribution in [2.45, 2.75) is 66.5 Å². The van der Waals surface area contributed by atoms with Crippen molar-refractivity contribution in [2.24, 2.45) is 5.41 Å². The molecule has 6 nitrogen and oxygen atoms in total. The molecule has 6 heteroatoms. The van der Waals surface area contributed by atoms with E-state index in [1.165, 1.54) is 0 Å². The fraction of sp³-hybridized carbons (Fsp3) is 0.765. The first-order valence-electron chi connectivity index (χ1n) is 8.47. The summed E-state index contributed by atoms with van der Waals surface area (Å²) in [6.45, 7) is 11.7. The normalized spacial score (nSPS) is 15.2. The molecule has 0 saturated heterocycles. The average Bonchev–Trinajstić information content (AvgIpc) is 2.93. The van der Waals surface area contributed by atoms with Crippen LogP contribution in [0.2, 0.25) is 0 Å². The number of hydrogen-bond donors (Lipinski definition) is 3. The van der Waals surface area contributed by atoms with Crippen LogP contribution in [0.15, 0.2) is 4.52 Å². The number of nitrogens with one attached hydrogen (secondary N) is 2. The summed E-state index contributed by atoms with van der Waals surface area (Å²) in [6, 6.07) is 0.297. The Morgan fingerprint density at radius 2 is 2.13 bits per heavy atom. The molecular formula is C17H31N3O3. The Morgan fingerprint density at radius 1 is 1.43 bits per heavy atom. The SMILES string of the molecule is CCCCNC(C)C(C)(CC)CNC(=O)c1noc(CO)c1C. The molecule has 1 aromatic heterocycles. The van der Waals surface area contributed by atoms with Gasteiger partial charge in [0, 0.05) is 18.2 Å². The number of carbonyl (C=O) groups excluding carboxylic acids is 1. The minimum atomic E-state index is -0.258. The molecule has 1 rings (SSSR count). The highest BCUT2D eigenvalue weighted by molar-refractivity contribution is 5.93. The summed E-state index contributed by atoms with van der Waals surface area (Å²) < 4.78 is 4.96. The molecule has 0 aromatic carbocycles. The second-order valence-electron chi connectivity index (χ2n) is 6.46. The van der Waals surface area contributed by atoms with Gasteiger partial charge in [0.05, 0.1) is 0 Å². The summed E-state index contributed by atoms with van der Waals surface area (Å²) in [4.78, 5) is 12.3. The largest absolute Gasteiger partial charge is 0.388 e. The maximum absolute atomic E-state index is 12.3. The molecule has 3 N–H and O–H groups in total. The van der Waals surface area contributed by atoms with Crippen LogP contribution in [0.25, 0.3) is 0 Å². The highest BCUT2D eigenvalue weighted by atomic mass is 16.5. The summed E-state index contributed by atoms with van der Waals surface area (Å²) in [6.07, 6.45) is 3.27. The van der Waals surface area contributed by atoms with Crippen LogP contribution in [0.1, 0.15) is 68.8 Å². The lowest BCUT2D eigenvalue weighted by molar-refractivity contribution is 0.0910. The van der Waals surface area contributed by atoms with E-state index in [-0.39, 0.29) is 23.6 Å². The number of amides is 1. The molecular weight excluding hydrogens is 294 g/mol. The number of aromatic nitrogens is 1. The van der Waals surface area contributed by atoms with Crippen LogP contribution in [-0.2, 0) is 6.61 Å². The summed E-state index contributed by atoms with van der Waals surface area (Å²) >= 11 is 0. The van der Waals surface area contributed by atoms with Crippen LogP contribution in [0, 0.1) is 12.3 Å². The lowest BCUT2D eigenvalue weighted by Crippen LogP contribution is -2.48. The molecule has 2 unspecified atom stereocenters. The van der Waals surface area contributed by atoms with Gasteiger partial charge in [-0.05, 0) is 38.6 Å². The van der Waals surface area contributed by atoms with Crippen molar-refractivity contribution in [3.8, 4) is 0 Å². The van der Waals surface area contributed by atoms with Gasteiger partial charge in [-0.2, -0.15) is 0 Å². The van der Waals surface area contributed by atoms with E-state index in [2.05, 4.69) is 43.5 Å². The average molecular weight is 325 g/mol. The smallest absolute Gasteiger partial charge is 0.273 e. The van der Waals surface area contributed by atoms with Gasteiger partial charge >= 0.3 is 0 Å². The van der Waals surface area contributed by atoms with Gasteiger partial charge in [0.25, 0.3) is 5.91 Å². The molecule has 132 valence electrons. The van der Waals surface area contributed by atoms with Crippen LogP contribution in [0.4, 0.5) is 0 Å². The van der Waals surface area contributed by atoms with E-state index in [9.17, 15) is 4.79 Å². The van der Waals surface area contributed by atoms with E-state index >= 15 is 0 Å². The van der Waals surface area contributed by atoms with Crippen LogP contribution in [-0.4, -0.2) is 35.3 Å².